The maximum Gasteiger partial charge on any atom is 0.173 e. The van der Waals surface area contributed by atoms with Gasteiger partial charge in [-0.05, 0) is 43.3 Å². The van der Waals surface area contributed by atoms with Gasteiger partial charge in [0.05, 0.1) is 10.7 Å². The highest BCUT2D eigenvalue weighted by Gasteiger charge is 2.26. The van der Waals surface area contributed by atoms with E-state index in [0.717, 1.165) is 43.0 Å². The smallest absolute Gasteiger partial charge is 0.173 e. The van der Waals surface area contributed by atoms with Gasteiger partial charge in [-0.2, -0.15) is 0 Å². The molecule has 0 unspecified atom stereocenters. The van der Waals surface area contributed by atoms with E-state index in [1.165, 1.54) is 32.1 Å². The normalized spacial score (nSPS) is 20.5. The van der Waals surface area contributed by atoms with E-state index in [1.807, 2.05) is 12.1 Å². The van der Waals surface area contributed by atoms with Gasteiger partial charge in [-0.3, -0.25) is 4.90 Å². The van der Waals surface area contributed by atoms with Crippen LogP contribution in [0.5, 0.6) is 0 Å². The number of hydrogen-bond donors (Lipinski definition) is 1. The van der Waals surface area contributed by atoms with E-state index in [-0.39, 0.29) is 0 Å². The van der Waals surface area contributed by atoms with Crippen molar-refractivity contribution in [2.24, 2.45) is 0 Å². The molecule has 1 aromatic carbocycles. The maximum absolute atomic E-state index is 6.20. The number of nitrogens with one attached hydrogen (secondary N) is 1. The second-order valence-corrected chi connectivity index (χ2v) is 7.60. The van der Waals surface area contributed by atoms with Crippen LogP contribution in [0.25, 0.3) is 0 Å². The van der Waals surface area contributed by atoms with Crippen LogP contribution in [0.2, 0.25) is 10.0 Å². The van der Waals surface area contributed by atoms with E-state index in [0.29, 0.717) is 10.0 Å². The Hall–Kier alpha value is -0.550. The minimum Gasteiger partial charge on any atom is -0.346 e. The zero-order valence-corrected chi connectivity index (χ0v) is 15.6. The van der Waals surface area contributed by atoms with Crippen molar-refractivity contribution in [3.05, 3.63) is 28.2 Å². The van der Waals surface area contributed by atoms with Crippen LogP contribution in [0, 0.1) is 0 Å². The van der Waals surface area contributed by atoms with Gasteiger partial charge in [0.15, 0.2) is 5.11 Å². The van der Waals surface area contributed by atoms with Crippen LogP contribution < -0.4 is 5.32 Å². The molecule has 0 aromatic heterocycles. The van der Waals surface area contributed by atoms with E-state index >= 15 is 0 Å². The molecule has 0 bridgehead atoms. The fourth-order valence-electron chi connectivity index (χ4n) is 3.52. The fourth-order valence-corrected chi connectivity index (χ4v) is 4.27. The third-order valence-electron chi connectivity index (χ3n) is 4.87. The SMILES string of the molecule is S=C(Nc1ccc(Cl)cc1Cl)N1CCN(C2CCCCC2)CC1. The lowest BCUT2D eigenvalue weighted by molar-refractivity contribution is 0.108. The topological polar surface area (TPSA) is 18.5 Å². The number of piperazine rings is 1. The highest BCUT2D eigenvalue weighted by molar-refractivity contribution is 7.80. The first-order valence-corrected chi connectivity index (χ1v) is 9.55. The van der Waals surface area contributed by atoms with Crippen molar-refractivity contribution >= 4 is 46.2 Å². The molecule has 1 saturated carbocycles. The number of nitrogens with zero attached hydrogens (tertiary/aromatic N) is 2. The summed E-state index contributed by atoms with van der Waals surface area (Å²) in [5.41, 5.74) is 0.816. The molecule has 1 N–H and O–H groups in total. The predicted molar refractivity (Wildman–Crippen MR) is 103 cm³/mol. The molecule has 2 fully saturated rings. The first-order chi connectivity index (χ1) is 11.1. The molecule has 6 heteroatoms. The van der Waals surface area contributed by atoms with E-state index in [1.54, 1.807) is 6.07 Å². The monoisotopic (exact) mass is 371 g/mol. The van der Waals surface area contributed by atoms with Gasteiger partial charge in [-0.15, -0.1) is 0 Å². The number of halogens is 2. The Morgan fingerprint density at radius 1 is 1.04 bits per heavy atom. The molecule has 126 valence electrons. The lowest BCUT2D eigenvalue weighted by atomic mass is 9.94. The largest absolute Gasteiger partial charge is 0.346 e. The van der Waals surface area contributed by atoms with Crippen molar-refractivity contribution < 1.29 is 0 Å². The van der Waals surface area contributed by atoms with Gasteiger partial charge in [0.2, 0.25) is 0 Å². The molecule has 1 saturated heterocycles. The van der Waals surface area contributed by atoms with Gasteiger partial charge >= 0.3 is 0 Å². The summed E-state index contributed by atoms with van der Waals surface area (Å²) in [6.45, 7) is 4.16. The van der Waals surface area contributed by atoms with Crippen LogP contribution in [0.15, 0.2) is 18.2 Å². The molecule has 1 heterocycles. The van der Waals surface area contributed by atoms with Crippen LogP contribution in [0.3, 0.4) is 0 Å². The molecule has 23 heavy (non-hydrogen) atoms. The van der Waals surface area contributed by atoms with E-state index in [2.05, 4.69) is 15.1 Å². The molecule has 3 nitrogen and oxygen atoms in total. The lowest BCUT2D eigenvalue weighted by Gasteiger charge is -2.41. The van der Waals surface area contributed by atoms with Gasteiger partial charge < -0.3 is 10.2 Å². The number of hydrogen-bond acceptors (Lipinski definition) is 2. The molecule has 1 aliphatic heterocycles. The zero-order valence-electron chi connectivity index (χ0n) is 13.2. The molecule has 3 rings (SSSR count). The number of rotatable bonds is 2. The van der Waals surface area contributed by atoms with Gasteiger partial charge in [0.1, 0.15) is 0 Å². The van der Waals surface area contributed by atoms with Gasteiger partial charge in [0, 0.05) is 37.2 Å². The summed E-state index contributed by atoms with van der Waals surface area (Å²) in [6.07, 6.45) is 6.91. The quantitative estimate of drug-likeness (QED) is 0.762. The molecule has 0 atom stereocenters. The van der Waals surface area contributed by atoms with Crippen molar-refractivity contribution in [3.63, 3.8) is 0 Å². The highest BCUT2D eigenvalue weighted by atomic mass is 35.5. The Labute approximate surface area is 153 Å². The Morgan fingerprint density at radius 3 is 2.39 bits per heavy atom. The van der Waals surface area contributed by atoms with Crippen molar-refractivity contribution in [2.75, 3.05) is 31.5 Å². The zero-order chi connectivity index (χ0) is 16.2. The van der Waals surface area contributed by atoms with Crippen LogP contribution in [-0.4, -0.2) is 47.1 Å². The lowest BCUT2D eigenvalue weighted by Crippen LogP contribution is -2.53. The Balaban J connectivity index is 1.51. The summed E-state index contributed by atoms with van der Waals surface area (Å²) in [5.74, 6) is 0. The summed E-state index contributed by atoms with van der Waals surface area (Å²) in [7, 11) is 0. The molecule has 1 aliphatic carbocycles. The first kappa shape index (κ1) is 17.3. The highest BCUT2D eigenvalue weighted by Crippen LogP contribution is 2.26. The van der Waals surface area contributed by atoms with Crippen LogP contribution >= 0.6 is 35.4 Å². The third-order valence-corrected chi connectivity index (χ3v) is 5.77. The summed E-state index contributed by atoms with van der Waals surface area (Å²) in [6, 6.07) is 6.21. The molecule has 0 radical (unpaired) electrons. The average Bonchev–Trinajstić information content (AvgIpc) is 2.58. The second-order valence-electron chi connectivity index (χ2n) is 6.37. The minimum atomic E-state index is 0.598. The van der Waals surface area contributed by atoms with E-state index in [9.17, 15) is 0 Å². The molecule has 0 amide bonds. The van der Waals surface area contributed by atoms with Crippen LogP contribution in [-0.2, 0) is 0 Å². The Morgan fingerprint density at radius 2 is 1.74 bits per heavy atom. The molecule has 1 aromatic rings. The van der Waals surface area contributed by atoms with Crippen molar-refractivity contribution in [2.45, 2.75) is 38.1 Å². The van der Waals surface area contributed by atoms with Gasteiger partial charge in [-0.25, -0.2) is 0 Å². The summed E-state index contributed by atoms with van der Waals surface area (Å²) in [5, 5.41) is 5.23. The number of benzene rings is 1. The van der Waals surface area contributed by atoms with Gasteiger partial charge in [-0.1, -0.05) is 42.5 Å². The van der Waals surface area contributed by atoms with Crippen molar-refractivity contribution in [3.8, 4) is 0 Å². The summed E-state index contributed by atoms with van der Waals surface area (Å²) in [4.78, 5) is 4.88. The molecular formula is C17H23Cl2N3S. The van der Waals surface area contributed by atoms with E-state index < -0.39 is 0 Å². The predicted octanol–water partition coefficient (Wildman–Crippen LogP) is 4.64. The first-order valence-electron chi connectivity index (χ1n) is 8.38. The Kier molecular flexibility index (Phi) is 6.02. The minimum absolute atomic E-state index is 0.598. The Bertz CT molecular complexity index is 553. The van der Waals surface area contributed by atoms with Gasteiger partial charge in [0.25, 0.3) is 0 Å². The number of thiocarbonyl (C=S) groups is 1. The fraction of sp³-hybridized carbons (Fsp3) is 0.588. The van der Waals surface area contributed by atoms with Crippen LogP contribution in [0.4, 0.5) is 5.69 Å². The molecular weight excluding hydrogens is 349 g/mol. The third kappa shape index (κ3) is 4.50. The standard InChI is InChI=1S/C17H23Cl2N3S/c18-13-6-7-16(15(19)12-13)20-17(23)22-10-8-21(9-11-22)14-4-2-1-3-5-14/h6-7,12,14H,1-5,8-11H2,(H,20,23). The van der Waals surface area contributed by atoms with Crippen molar-refractivity contribution in [1.29, 1.82) is 0 Å². The van der Waals surface area contributed by atoms with Crippen LogP contribution in [0.1, 0.15) is 32.1 Å². The summed E-state index contributed by atoms with van der Waals surface area (Å²) < 4.78 is 0. The summed E-state index contributed by atoms with van der Waals surface area (Å²) >= 11 is 17.7. The molecule has 2 aliphatic rings. The number of anilines is 1. The molecule has 0 spiro atoms. The average molecular weight is 372 g/mol. The van der Waals surface area contributed by atoms with Crippen molar-refractivity contribution in [1.82, 2.24) is 9.80 Å². The maximum atomic E-state index is 6.20. The van der Waals surface area contributed by atoms with E-state index in [4.69, 9.17) is 35.4 Å². The second kappa shape index (κ2) is 8.02.